The van der Waals surface area contributed by atoms with Crippen molar-refractivity contribution in [2.45, 2.75) is 25.8 Å². The highest BCUT2D eigenvalue weighted by molar-refractivity contribution is 9.09. The monoisotopic (exact) mass is 205 g/mol. The van der Waals surface area contributed by atoms with E-state index in [1.54, 1.807) is 0 Å². The van der Waals surface area contributed by atoms with Crippen LogP contribution in [0.2, 0.25) is 0 Å². The molecule has 10 heavy (non-hydrogen) atoms. The molecule has 1 rings (SSSR count). The average molecular weight is 206 g/mol. The van der Waals surface area contributed by atoms with Crippen LogP contribution in [0.25, 0.3) is 0 Å². The zero-order valence-electron chi connectivity index (χ0n) is 6.06. The van der Waals surface area contributed by atoms with Crippen molar-refractivity contribution < 1.29 is 4.79 Å². The molecule has 1 aliphatic carbocycles. The third-order valence-electron chi connectivity index (χ3n) is 1.86. The van der Waals surface area contributed by atoms with Gasteiger partial charge in [-0.2, -0.15) is 0 Å². The molecular weight excluding hydrogens is 194 g/mol. The minimum atomic E-state index is 0.108. The predicted molar refractivity (Wildman–Crippen MR) is 44.1 cm³/mol. The van der Waals surface area contributed by atoms with E-state index < -0.39 is 0 Å². The van der Waals surface area contributed by atoms with E-state index in [0.29, 0.717) is 11.4 Å². The second kappa shape index (κ2) is 3.37. The summed E-state index contributed by atoms with van der Waals surface area (Å²) in [5.74, 6) is 0.914. The maximum Gasteiger partial charge on any atom is 0.230 e. The third kappa shape index (κ3) is 1.97. The van der Waals surface area contributed by atoms with Gasteiger partial charge in [0.2, 0.25) is 5.91 Å². The molecule has 0 aliphatic heterocycles. The number of carbonyl (C=O) groups is 1. The summed E-state index contributed by atoms with van der Waals surface area (Å²) in [6, 6.07) is 0.458. The minimum absolute atomic E-state index is 0.108. The molecule has 2 nitrogen and oxygen atoms in total. The standard InChI is InChI=1S/C7H12BrNO/c1-5-2-6(3-5)9-7(10)4-8/h5-6H,2-4H2,1H3,(H,9,10). The molecule has 1 aliphatic rings. The number of hydrogen-bond donors (Lipinski definition) is 1. The Labute approximate surface area is 69.5 Å². The molecule has 0 aromatic carbocycles. The number of alkyl halides is 1. The Morgan fingerprint density at radius 3 is 2.70 bits per heavy atom. The molecule has 1 N–H and O–H groups in total. The molecule has 0 heterocycles. The summed E-state index contributed by atoms with van der Waals surface area (Å²) in [6.45, 7) is 2.21. The maximum atomic E-state index is 10.8. The summed E-state index contributed by atoms with van der Waals surface area (Å²) in [7, 11) is 0. The molecule has 0 aromatic heterocycles. The van der Waals surface area contributed by atoms with Gasteiger partial charge in [-0.1, -0.05) is 22.9 Å². The Morgan fingerprint density at radius 1 is 1.70 bits per heavy atom. The summed E-state index contributed by atoms with van der Waals surface area (Å²) in [6.07, 6.45) is 2.30. The van der Waals surface area contributed by atoms with E-state index in [1.807, 2.05) is 0 Å². The molecule has 0 bridgehead atoms. The van der Waals surface area contributed by atoms with Crippen LogP contribution in [0, 0.1) is 5.92 Å². The molecule has 0 atom stereocenters. The first-order chi connectivity index (χ1) is 4.72. The predicted octanol–water partition coefficient (Wildman–Crippen LogP) is 1.30. The van der Waals surface area contributed by atoms with Crippen molar-refractivity contribution in [3.8, 4) is 0 Å². The molecular formula is C7H12BrNO. The lowest BCUT2D eigenvalue weighted by Crippen LogP contribution is -2.43. The van der Waals surface area contributed by atoms with Crippen molar-refractivity contribution in [1.29, 1.82) is 0 Å². The van der Waals surface area contributed by atoms with Gasteiger partial charge in [-0.25, -0.2) is 0 Å². The fourth-order valence-electron chi connectivity index (χ4n) is 1.29. The van der Waals surface area contributed by atoms with Gasteiger partial charge < -0.3 is 5.32 Å². The number of carbonyl (C=O) groups excluding carboxylic acids is 1. The third-order valence-corrected chi connectivity index (χ3v) is 2.37. The first-order valence-electron chi connectivity index (χ1n) is 3.57. The van der Waals surface area contributed by atoms with Gasteiger partial charge in [0.25, 0.3) is 0 Å². The van der Waals surface area contributed by atoms with Crippen LogP contribution in [0.4, 0.5) is 0 Å². The Hall–Kier alpha value is -0.0500. The van der Waals surface area contributed by atoms with Crippen LogP contribution in [0.5, 0.6) is 0 Å². The van der Waals surface area contributed by atoms with E-state index in [-0.39, 0.29) is 5.91 Å². The van der Waals surface area contributed by atoms with E-state index in [4.69, 9.17) is 0 Å². The number of hydrogen-bond acceptors (Lipinski definition) is 1. The van der Waals surface area contributed by atoms with Gasteiger partial charge in [0, 0.05) is 6.04 Å². The first-order valence-corrected chi connectivity index (χ1v) is 4.70. The molecule has 0 radical (unpaired) electrons. The fraction of sp³-hybridized carbons (Fsp3) is 0.857. The van der Waals surface area contributed by atoms with E-state index in [2.05, 4.69) is 28.2 Å². The van der Waals surface area contributed by atoms with Crippen LogP contribution in [0.3, 0.4) is 0 Å². The smallest absolute Gasteiger partial charge is 0.230 e. The number of amides is 1. The van der Waals surface area contributed by atoms with Crippen LogP contribution < -0.4 is 5.32 Å². The molecule has 1 saturated carbocycles. The largest absolute Gasteiger partial charge is 0.353 e. The summed E-state index contributed by atoms with van der Waals surface area (Å²) in [5, 5.41) is 3.34. The topological polar surface area (TPSA) is 29.1 Å². The van der Waals surface area contributed by atoms with Gasteiger partial charge in [-0.3, -0.25) is 4.79 Å². The molecule has 58 valence electrons. The Bertz CT molecular complexity index is 132. The van der Waals surface area contributed by atoms with Crippen molar-refractivity contribution in [3.63, 3.8) is 0 Å². The van der Waals surface area contributed by atoms with Crippen LogP contribution in [0.15, 0.2) is 0 Å². The highest BCUT2D eigenvalue weighted by Crippen LogP contribution is 2.25. The Balaban J connectivity index is 2.10. The Morgan fingerprint density at radius 2 is 2.30 bits per heavy atom. The minimum Gasteiger partial charge on any atom is -0.353 e. The van der Waals surface area contributed by atoms with Crippen LogP contribution in [0.1, 0.15) is 19.8 Å². The van der Waals surface area contributed by atoms with Crippen molar-refractivity contribution in [1.82, 2.24) is 5.32 Å². The zero-order chi connectivity index (χ0) is 7.56. The van der Waals surface area contributed by atoms with Crippen molar-refractivity contribution in [2.75, 3.05) is 5.33 Å². The van der Waals surface area contributed by atoms with Crippen molar-refractivity contribution in [2.24, 2.45) is 5.92 Å². The fourth-order valence-corrected chi connectivity index (χ4v) is 1.45. The highest BCUT2D eigenvalue weighted by atomic mass is 79.9. The lowest BCUT2D eigenvalue weighted by molar-refractivity contribution is -0.119. The van der Waals surface area contributed by atoms with E-state index in [9.17, 15) is 4.79 Å². The number of nitrogens with one attached hydrogen (secondary N) is 1. The molecule has 0 aromatic rings. The molecule has 1 fully saturated rings. The SMILES string of the molecule is CC1CC(NC(=O)CBr)C1. The van der Waals surface area contributed by atoms with Gasteiger partial charge in [0.05, 0.1) is 5.33 Å². The zero-order valence-corrected chi connectivity index (χ0v) is 7.65. The maximum absolute atomic E-state index is 10.8. The van der Waals surface area contributed by atoms with E-state index in [0.717, 1.165) is 18.8 Å². The highest BCUT2D eigenvalue weighted by Gasteiger charge is 2.25. The molecule has 0 saturated heterocycles. The van der Waals surface area contributed by atoms with Crippen molar-refractivity contribution in [3.05, 3.63) is 0 Å². The van der Waals surface area contributed by atoms with E-state index >= 15 is 0 Å². The molecule has 3 heteroatoms. The lowest BCUT2D eigenvalue weighted by Gasteiger charge is -2.32. The summed E-state index contributed by atoms with van der Waals surface area (Å²) in [4.78, 5) is 10.8. The number of halogens is 1. The second-order valence-electron chi connectivity index (χ2n) is 2.97. The Kier molecular flexibility index (Phi) is 2.72. The van der Waals surface area contributed by atoms with Gasteiger partial charge in [0.15, 0.2) is 0 Å². The summed E-state index contributed by atoms with van der Waals surface area (Å²) >= 11 is 3.10. The van der Waals surface area contributed by atoms with Gasteiger partial charge in [0.1, 0.15) is 0 Å². The summed E-state index contributed by atoms with van der Waals surface area (Å²) in [5.41, 5.74) is 0. The van der Waals surface area contributed by atoms with E-state index in [1.165, 1.54) is 0 Å². The number of rotatable bonds is 2. The van der Waals surface area contributed by atoms with Gasteiger partial charge in [-0.05, 0) is 18.8 Å². The first kappa shape index (κ1) is 8.05. The molecule has 0 unspecified atom stereocenters. The second-order valence-corrected chi connectivity index (χ2v) is 3.54. The lowest BCUT2D eigenvalue weighted by atomic mass is 9.82. The molecule has 0 spiro atoms. The van der Waals surface area contributed by atoms with Gasteiger partial charge >= 0.3 is 0 Å². The van der Waals surface area contributed by atoms with Crippen LogP contribution in [-0.4, -0.2) is 17.3 Å². The molecule has 1 amide bonds. The van der Waals surface area contributed by atoms with Gasteiger partial charge in [-0.15, -0.1) is 0 Å². The van der Waals surface area contributed by atoms with Crippen molar-refractivity contribution >= 4 is 21.8 Å². The van der Waals surface area contributed by atoms with Crippen LogP contribution in [-0.2, 0) is 4.79 Å². The normalized spacial score (nSPS) is 31.0. The average Bonchev–Trinajstić information content (AvgIpc) is 1.84. The quantitative estimate of drug-likeness (QED) is 0.678. The summed E-state index contributed by atoms with van der Waals surface area (Å²) < 4.78 is 0. The van der Waals surface area contributed by atoms with Crippen LogP contribution >= 0.6 is 15.9 Å².